The van der Waals surface area contributed by atoms with E-state index in [2.05, 4.69) is 15.3 Å². The molecule has 1 aromatic heterocycles. The second-order valence-electron chi connectivity index (χ2n) is 4.58. The number of carboxylic acids is 1. The summed E-state index contributed by atoms with van der Waals surface area (Å²) >= 11 is 0. The zero-order valence-corrected chi connectivity index (χ0v) is 10.9. The standard InChI is InChI=1S/C12H19N3O3/c1-4-18-10-8-13-7-9(14-10)15-12(2,3)6-5-11(16)17/h7-8H,4-6H2,1-3H3,(H,14,15)(H,16,17). The Balaban J connectivity index is 2.64. The van der Waals surface area contributed by atoms with Gasteiger partial charge in [0.15, 0.2) is 0 Å². The Morgan fingerprint density at radius 1 is 1.50 bits per heavy atom. The van der Waals surface area contributed by atoms with E-state index in [1.54, 1.807) is 12.4 Å². The molecule has 0 aromatic carbocycles. The van der Waals surface area contributed by atoms with Crippen LogP contribution in [0.25, 0.3) is 0 Å². The van der Waals surface area contributed by atoms with Crippen LogP contribution in [0, 0.1) is 0 Å². The Kier molecular flexibility index (Phi) is 4.88. The van der Waals surface area contributed by atoms with Gasteiger partial charge >= 0.3 is 5.97 Å². The lowest BCUT2D eigenvalue weighted by Crippen LogP contribution is -2.32. The molecule has 0 saturated heterocycles. The molecule has 0 radical (unpaired) electrons. The lowest BCUT2D eigenvalue weighted by molar-refractivity contribution is -0.137. The Hall–Kier alpha value is -1.85. The van der Waals surface area contributed by atoms with E-state index < -0.39 is 5.97 Å². The number of ether oxygens (including phenoxy) is 1. The predicted octanol–water partition coefficient (Wildman–Crippen LogP) is 1.93. The molecule has 2 N–H and O–H groups in total. The van der Waals surface area contributed by atoms with Gasteiger partial charge in [-0.05, 0) is 27.2 Å². The van der Waals surface area contributed by atoms with Crippen LogP contribution in [0.5, 0.6) is 5.88 Å². The van der Waals surface area contributed by atoms with Gasteiger partial charge in [-0.25, -0.2) is 0 Å². The molecule has 1 aromatic rings. The van der Waals surface area contributed by atoms with Crippen LogP contribution >= 0.6 is 0 Å². The van der Waals surface area contributed by atoms with Crippen LogP contribution in [-0.2, 0) is 4.79 Å². The van der Waals surface area contributed by atoms with Crippen molar-refractivity contribution in [3.63, 3.8) is 0 Å². The van der Waals surface area contributed by atoms with E-state index in [1.807, 2.05) is 20.8 Å². The van der Waals surface area contributed by atoms with E-state index in [4.69, 9.17) is 9.84 Å². The first kappa shape index (κ1) is 14.2. The molecule has 0 atom stereocenters. The second-order valence-corrected chi connectivity index (χ2v) is 4.58. The Morgan fingerprint density at radius 3 is 2.83 bits per heavy atom. The molecule has 0 saturated carbocycles. The summed E-state index contributed by atoms with van der Waals surface area (Å²) in [5, 5.41) is 11.8. The van der Waals surface area contributed by atoms with Crippen molar-refractivity contribution in [2.45, 2.75) is 39.2 Å². The van der Waals surface area contributed by atoms with Crippen molar-refractivity contribution in [3.05, 3.63) is 12.4 Å². The SMILES string of the molecule is CCOc1cncc(NC(C)(C)CCC(=O)O)n1. The number of nitrogens with one attached hydrogen (secondary N) is 1. The van der Waals surface area contributed by atoms with Gasteiger partial charge in [-0.2, -0.15) is 4.98 Å². The highest BCUT2D eigenvalue weighted by molar-refractivity contribution is 5.66. The van der Waals surface area contributed by atoms with Crippen molar-refractivity contribution in [1.82, 2.24) is 9.97 Å². The van der Waals surface area contributed by atoms with Gasteiger partial charge in [-0.1, -0.05) is 0 Å². The maximum atomic E-state index is 10.6. The van der Waals surface area contributed by atoms with Gasteiger partial charge < -0.3 is 15.2 Å². The summed E-state index contributed by atoms with van der Waals surface area (Å²) in [6.45, 7) is 6.25. The van der Waals surface area contributed by atoms with Crippen LogP contribution in [0.4, 0.5) is 5.82 Å². The third-order valence-electron chi connectivity index (χ3n) is 2.33. The summed E-state index contributed by atoms with van der Waals surface area (Å²) in [7, 11) is 0. The fourth-order valence-electron chi connectivity index (χ4n) is 1.45. The zero-order chi connectivity index (χ0) is 13.6. The summed E-state index contributed by atoms with van der Waals surface area (Å²) in [5.41, 5.74) is -0.363. The third kappa shape index (κ3) is 4.99. The lowest BCUT2D eigenvalue weighted by Gasteiger charge is -2.26. The van der Waals surface area contributed by atoms with Crippen LogP contribution in [0.1, 0.15) is 33.6 Å². The van der Waals surface area contributed by atoms with Crippen molar-refractivity contribution in [2.75, 3.05) is 11.9 Å². The van der Waals surface area contributed by atoms with E-state index in [9.17, 15) is 4.79 Å². The van der Waals surface area contributed by atoms with Crippen LogP contribution in [-0.4, -0.2) is 33.2 Å². The van der Waals surface area contributed by atoms with Crippen molar-refractivity contribution in [1.29, 1.82) is 0 Å². The average molecular weight is 253 g/mol. The minimum atomic E-state index is -0.806. The molecule has 0 bridgehead atoms. The molecule has 0 aliphatic rings. The smallest absolute Gasteiger partial charge is 0.303 e. The molecule has 0 fully saturated rings. The summed E-state index contributed by atoms with van der Waals surface area (Å²) in [6.07, 6.45) is 3.74. The Labute approximate surface area is 106 Å². The third-order valence-corrected chi connectivity index (χ3v) is 2.33. The normalized spacial score (nSPS) is 11.1. The highest BCUT2D eigenvalue weighted by Crippen LogP contribution is 2.19. The molecule has 0 aliphatic carbocycles. The van der Waals surface area contributed by atoms with Crippen molar-refractivity contribution in [3.8, 4) is 5.88 Å². The topological polar surface area (TPSA) is 84.3 Å². The fourth-order valence-corrected chi connectivity index (χ4v) is 1.45. The van der Waals surface area contributed by atoms with E-state index in [-0.39, 0.29) is 12.0 Å². The van der Waals surface area contributed by atoms with Gasteiger partial charge in [0.1, 0.15) is 5.82 Å². The predicted molar refractivity (Wildman–Crippen MR) is 67.8 cm³/mol. The molecule has 1 heterocycles. The first-order chi connectivity index (χ1) is 8.43. The van der Waals surface area contributed by atoms with Gasteiger partial charge in [0, 0.05) is 12.0 Å². The van der Waals surface area contributed by atoms with Gasteiger partial charge in [-0.15, -0.1) is 0 Å². The summed E-state index contributed by atoms with van der Waals surface area (Å²) < 4.78 is 5.25. The molecule has 0 aliphatic heterocycles. The van der Waals surface area contributed by atoms with Gasteiger partial charge in [-0.3, -0.25) is 9.78 Å². The molecular weight excluding hydrogens is 234 g/mol. The summed E-state index contributed by atoms with van der Waals surface area (Å²) in [5.74, 6) is 0.229. The van der Waals surface area contributed by atoms with Crippen LogP contribution in [0.2, 0.25) is 0 Å². The fraction of sp³-hybridized carbons (Fsp3) is 0.583. The number of hydrogen-bond acceptors (Lipinski definition) is 5. The summed E-state index contributed by atoms with van der Waals surface area (Å²) in [4.78, 5) is 18.8. The molecular formula is C12H19N3O3. The van der Waals surface area contributed by atoms with E-state index in [1.165, 1.54) is 0 Å². The van der Waals surface area contributed by atoms with Crippen LogP contribution < -0.4 is 10.1 Å². The number of nitrogens with zero attached hydrogens (tertiary/aromatic N) is 2. The molecule has 0 amide bonds. The van der Waals surface area contributed by atoms with Crippen LogP contribution in [0.15, 0.2) is 12.4 Å². The van der Waals surface area contributed by atoms with E-state index in [0.717, 1.165) is 0 Å². The van der Waals surface area contributed by atoms with Crippen LogP contribution in [0.3, 0.4) is 0 Å². The molecule has 0 spiro atoms. The number of rotatable bonds is 7. The lowest BCUT2D eigenvalue weighted by atomic mass is 9.98. The number of carboxylic acid groups (broad SMARTS) is 1. The van der Waals surface area contributed by atoms with E-state index in [0.29, 0.717) is 24.7 Å². The molecule has 6 nitrogen and oxygen atoms in total. The highest BCUT2D eigenvalue weighted by Gasteiger charge is 2.19. The van der Waals surface area contributed by atoms with Crippen molar-refractivity contribution >= 4 is 11.8 Å². The number of anilines is 1. The van der Waals surface area contributed by atoms with Gasteiger partial charge in [0.2, 0.25) is 5.88 Å². The number of carbonyl (C=O) groups is 1. The zero-order valence-electron chi connectivity index (χ0n) is 10.9. The minimum absolute atomic E-state index is 0.110. The minimum Gasteiger partial charge on any atom is -0.481 e. The molecule has 100 valence electrons. The number of aliphatic carboxylic acids is 1. The first-order valence-electron chi connectivity index (χ1n) is 5.88. The average Bonchev–Trinajstić information content (AvgIpc) is 2.27. The van der Waals surface area contributed by atoms with Crippen molar-refractivity contribution < 1.29 is 14.6 Å². The second kappa shape index (κ2) is 6.18. The number of hydrogen-bond donors (Lipinski definition) is 2. The molecule has 18 heavy (non-hydrogen) atoms. The Bertz CT molecular complexity index is 407. The molecule has 0 unspecified atom stereocenters. The Morgan fingerprint density at radius 2 is 2.22 bits per heavy atom. The molecule has 6 heteroatoms. The van der Waals surface area contributed by atoms with Gasteiger partial charge in [0.05, 0.1) is 19.0 Å². The number of aromatic nitrogens is 2. The van der Waals surface area contributed by atoms with E-state index >= 15 is 0 Å². The van der Waals surface area contributed by atoms with Gasteiger partial charge in [0.25, 0.3) is 0 Å². The monoisotopic (exact) mass is 253 g/mol. The quantitative estimate of drug-likeness (QED) is 0.772. The maximum absolute atomic E-state index is 10.6. The largest absolute Gasteiger partial charge is 0.481 e. The molecule has 1 rings (SSSR count). The maximum Gasteiger partial charge on any atom is 0.303 e. The van der Waals surface area contributed by atoms with Crippen molar-refractivity contribution in [2.24, 2.45) is 0 Å². The highest BCUT2D eigenvalue weighted by atomic mass is 16.5. The first-order valence-corrected chi connectivity index (χ1v) is 5.88. The summed E-state index contributed by atoms with van der Waals surface area (Å²) in [6, 6.07) is 0.